The van der Waals surface area contributed by atoms with Gasteiger partial charge in [-0.25, -0.2) is 13.2 Å². The number of carbonyl (C=O) groups excluding carboxylic acids is 1. The van der Waals surface area contributed by atoms with Crippen molar-refractivity contribution >= 4 is 15.9 Å². The van der Waals surface area contributed by atoms with Crippen LogP contribution in [-0.4, -0.2) is 57.5 Å². The molecule has 0 aromatic rings. The highest BCUT2D eigenvalue weighted by molar-refractivity contribution is 7.90. The number of ether oxygens (including phenoxy) is 2. The van der Waals surface area contributed by atoms with E-state index in [1.54, 1.807) is 6.92 Å². The van der Waals surface area contributed by atoms with Crippen LogP contribution in [0.4, 0.5) is 4.79 Å². The Labute approximate surface area is 138 Å². The van der Waals surface area contributed by atoms with Gasteiger partial charge in [0.1, 0.15) is 15.9 Å². The van der Waals surface area contributed by atoms with Gasteiger partial charge in [-0.1, -0.05) is 6.92 Å². The van der Waals surface area contributed by atoms with Crippen LogP contribution in [0.3, 0.4) is 0 Å². The summed E-state index contributed by atoms with van der Waals surface area (Å²) in [6.07, 6.45) is 5.01. The molecule has 1 aliphatic heterocycles. The van der Waals surface area contributed by atoms with Crippen molar-refractivity contribution in [3.05, 3.63) is 0 Å². The topological polar surface area (TPSA) is 93.7 Å². The highest BCUT2D eigenvalue weighted by atomic mass is 32.2. The number of nitrogens with one attached hydrogen (secondary N) is 2. The second-order valence-corrected chi connectivity index (χ2v) is 9.18. The average molecular weight is 348 g/mol. The summed E-state index contributed by atoms with van der Waals surface area (Å²) in [5.74, 6) is 0.177. The maximum atomic E-state index is 11.8. The lowest BCUT2D eigenvalue weighted by molar-refractivity contribution is -0.191. The Balaban J connectivity index is 1.69. The van der Waals surface area contributed by atoms with Gasteiger partial charge in [-0.3, -0.25) is 0 Å². The third kappa shape index (κ3) is 5.93. The summed E-state index contributed by atoms with van der Waals surface area (Å²) in [6.45, 7) is 4.74. The molecule has 0 aromatic carbocycles. The van der Waals surface area contributed by atoms with E-state index in [1.807, 2.05) is 0 Å². The first-order valence-corrected chi connectivity index (χ1v) is 10.3. The SMILES string of the molecule is CC1CCC2(CC1)OC[C@@H](CNC(=O)N[C@H](C)CS(C)(=O)=O)O2. The van der Waals surface area contributed by atoms with Crippen molar-refractivity contribution in [1.82, 2.24) is 10.6 Å². The molecule has 2 N–H and O–H groups in total. The maximum Gasteiger partial charge on any atom is 0.315 e. The predicted molar refractivity (Wildman–Crippen MR) is 86.9 cm³/mol. The van der Waals surface area contributed by atoms with Crippen molar-refractivity contribution < 1.29 is 22.7 Å². The van der Waals surface area contributed by atoms with Crippen molar-refractivity contribution in [2.24, 2.45) is 5.92 Å². The highest BCUT2D eigenvalue weighted by Crippen LogP contribution is 2.39. The zero-order valence-corrected chi connectivity index (χ0v) is 14.9. The molecule has 0 radical (unpaired) electrons. The molecule has 1 saturated carbocycles. The molecular weight excluding hydrogens is 320 g/mol. The lowest BCUT2D eigenvalue weighted by atomic mass is 9.86. The second-order valence-electron chi connectivity index (χ2n) is 6.99. The molecule has 1 aliphatic carbocycles. The molecule has 0 unspecified atom stereocenters. The van der Waals surface area contributed by atoms with E-state index in [1.165, 1.54) is 0 Å². The fourth-order valence-electron chi connectivity index (χ4n) is 3.16. The molecular formula is C15H28N2O5S. The van der Waals surface area contributed by atoms with E-state index in [4.69, 9.17) is 9.47 Å². The molecule has 0 aromatic heterocycles. The Hall–Kier alpha value is -0.860. The second kappa shape index (κ2) is 7.36. The van der Waals surface area contributed by atoms with E-state index in [9.17, 15) is 13.2 Å². The summed E-state index contributed by atoms with van der Waals surface area (Å²) < 4.78 is 34.2. The van der Waals surface area contributed by atoms with E-state index in [2.05, 4.69) is 17.6 Å². The maximum absolute atomic E-state index is 11.8. The number of hydrogen-bond donors (Lipinski definition) is 2. The van der Waals surface area contributed by atoms with Gasteiger partial charge in [0.05, 0.1) is 12.4 Å². The number of sulfone groups is 1. The van der Waals surface area contributed by atoms with Crippen molar-refractivity contribution in [1.29, 1.82) is 0 Å². The van der Waals surface area contributed by atoms with Crippen LogP contribution in [-0.2, 0) is 19.3 Å². The number of urea groups is 1. The van der Waals surface area contributed by atoms with Gasteiger partial charge < -0.3 is 20.1 Å². The minimum Gasteiger partial charge on any atom is -0.347 e. The zero-order chi connectivity index (χ0) is 17.1. The monoisotopic (exact) mass is 348 g/mol. The van der Waals surface area contributed by atoms with Crippen LogP contribution in [0, 0.1) is 5.92 Å². The van der Waals surface area contributed by atoms with E-state index in [0.29, 0.717) is 19.1 Å². The Morgan fingerprint density at radius 3 is 2.61 bits per heavy atom. The van der Waals surface area contributed by atoms with Gasteiger partial charge in [0.15, 0.2) is 5.79 Å². The molecule has 1 spiro atoms. The van der Waals surface area contributed by atoms with Gasteiger partial charge in [-0.05, 0) is 25.7 Å². The van der Waals surface area contributed by atoms with E-state index in [0.717, 1.165) is 31.9 Å². The van der Waals surface area contributed by atoms with Gasteiger partial charge in [0.25, 0.3) is 0 Å². The number of carbonyl (C=O) groups is 1. The van der Waals surface area contributed by atoms with Crippen LogP contribution in [0.1, 0.15) is 39.5 Å². The molecule has 2 fully saturated rings. The van der Waals surface area contributed by atoms with Gasteiger partial charge in [-0.15, -0.1) is 0 Å². The number of rotatable bonds is 5. The lowest BCUT2D eigenvalue weighted by Crippen LogP contribution is -2.46. The minimum atomic E-state index is -3.11. The molecule has 2 rings (SSSR count). The fourth-order valence-corrected chi connectivity index (χ4v) is 4.15. The summed E-state index contributed by atoms with van der Waals surface area (Å²) in [4.78, 5) is 11.8. The van der Waals surface area contributed by atoms with Crippen molar-refractivity contribution in [3.8, 4) is 0 Å². The van der Waals surface area contributed by atoms with Crippen molar-refractivity contribution in [2.45, 2.75) is 57.5 Å². The molecule has 8 heteroatoms. The van der Waals surface area contributed by atoms with Crippen LogP contribution in [0.5, 0.6) is 0 Å². The summed E-state index contributed by atoms with van der Waals surface area (Å²) >= 11 is 0. The lowest BCUT2D eigenvalue weighted by Gasteiger charge is -2.34. The van der Waals surface area contributed by atoms with Gasteiger partial charge in [0.2, 0.25) is 0 Å². The van der Waals surface area contributed by atoms with Gasteiger partial charge >= 0.3 is 6.03 Å². The number of hydrogen-bond acceptors (Lipinski definition) is 5. The van der Waals surface area contributed by atoms with Crippen LogP contribution >= 0.6 is 0 Å². The van der Waals surface area contributed by atoms with Crippen LogP contribution < -0.4 is 10.6 Å². The van der Waals surface area contributed by atoms with Gasteiger partial charge in [0, 0.05) is 31.7 Å². The average Bonchev–Trinajstić information content (AvgIpc) is 2.81. The first kappa shape index (κ1) is 18.5. The standard InChI is InChI=1S/C15H28N2O5S/c1-11-4-6-15(7-5-11)21-9-13(22-15)8-16-14(18)17-12(2)10-23(3,19)20/h11-13H,4-10H2,1-3H3,(H2,16,17,18)/t11?,12-,13-,15?/m1/s1. The molecule has 134 valence electrons. The van der Waals surface area contributed by atoms with E-state index >= 15 is 0 Å². The molecule has 2 amide bonds. The normalized spacial score (nSPS) is 32.7. The van der Waals surface area contributed by atoms with Crippen LogP contribution in [0.25, 0.3) is 0 Å². The fraction of sp³-hybridized carbons (Fsp3) is 0.933. The largest absolute Gasteiger partial charge is 0.347 e. The van der Waals surface area contributed by atoms with Crippen molar-refractivity contribution in [2.75, 3.05) is 25.2 Å². The van der Waals surface area contributed by atoms with E-state index in [-0.39, 0.29) is 17.9 Å². The Morgan fingerprint density at radius 2 is 2.00 bits per heavy atom. The zero-order valence-electron chi connectivity index (χ0n) is 14.1. The smallest absolute Gasteiger partial charge is 0.315 e. The summed E-state index contributed by atoms with van der Waals surface area (Å²) in [5.41, 5.74) is 0. The minimum absolute atomic E-state index is 0.0786. The van der Waals surface area contributed by atoms with Crippen LogP contribution in [0.15, 0.2) is 0 Å². The molecule has 1 saturated heterocycles. The molecule has 23 heavy (non-hydrogen) atoms. The predicted octanol–water partition coefficient (Wildman–Crippen LogP) is 1.04. The molecule has 1 heterocycles. The molecule has 2 atom stereocenters. The molecule has 7 nitrogen and oxygen atoms in total. The Bertz CT molecular complexity index is 514. The van der Waals surface area contributed by atoms with E-state index < -0.39 is 21.7 Å². The number of amides is 2. The quantitative estimate of drug-likeness (QED) is 0.774. The van der Waals surface area contributed by atoms with Crippen molar-refractivity contribution in [3.63, 3.8) is 0 Å². The third-order valence-electron chi connectivity index (χ3n) is 4.37. The third-order valence-corrected chi connectivity index (χ3v) is 5.48. The summed E-state index contributed by atoms with van der Waals surface area (Å²) in [5, 5.41) is 5.33. The first-order valence-electron chi connectivity index (χ1n) is 8.21. The Kier molecular flexibility index (Phi) is 5.91. The summed E-state index contributed by atoms with van der Waals surface area (Å²) in [6, 6.07) is -0.820. The Morgan fingerprint density at radius 1 is 1.35 bits per heavy atom. The molecule has 2 aliphatic rings. The highest BCUT2D eigenvalue weighted by Gasteiger charge is 2.43. The summed E-state index contributed by atoms with van der Waals surface area (Å²) in [7, 11) is -3.11. The first-order chi connectivity index (χ1) is 10.7. The van der Waals surface area contributed by atoms with Crippen LogP contribution in [0.2, 0.25) is 0 Å². The molecule has 0 bridgehead atoms. The van der Waals surface area contributed by atoms with Gasteiger partial charge in [-0.2, -0.15) is 0 Å².